The minimum Gasteiger partial charge on any atom is -0.351 e. The van der Waals surface area contributed by atoms with E-state index in [1.807, 2.05) is 6.07 Å². The Kier molecular flexibility index (Phi) is 2.83. The molecule has 0 saturated heterocycles. The quantitative estimate of drug-likeness (QED) is 0.834. The number of hydrogen-bond donors (Lipinski definition) is 1. The molecule has 96 valence electrons. The van der Waals surface area contributed by atoms with Gasteiger partial charge in [-0.1, -0.05) is 0 Å². The lowest BCUT2D eigenvalue weighted by Gasteiger charge is -2.26. The first-order chi connectivity index (χ1) is 9.25. The molecule has 0 saturated carbocycles. The van der Waals surface area contributed by atoms with Crippen molar-refractivity contribution < 1.29 is 4.79 Å². The molecule has 6 heteroatoms. The van der Waals surface area contributed by atoms with Gasteiger partial charge in [0, 0.05) is 36.3 Å². The Morgan fingerprint density at radius 3 is 2.74 bits per heavy atom. The van der Waals surface area contributed by atoms with Crippen molar-refractivity contribution in [2.45, 2.75) is 12.8 Å². The van der Waals surface area contributed by atoms with Crippen LogP contribution in [-0.2, 0) is 6.42 Å². The number of nitrogens with zero attached hydrogens (tertiary/aromatic N) is 4. The second-order valence-electron chi connectivity index (χ2n) is 4.43. The SMILES string of the molecule is NC(=O)N1CCCc2cc(-c3cncnc3)cnc21. The summed E-state index contributed by atoms with van der Waals surface area (Å²) in [6, 6.07) is 1.57. The molecule has 0 spiro atoms. The topological polar surface area (TPSA) is 85.0 Å². The monoisotopic (exact) mass is 255 g/mol. The number of amides is 2. The first-order valence-corrected chi connectivity index (χ1v) is 6.07. The van der Waals surface area contributed by atoms with Crippen LogP contribution in [-0.4, -0.2) is 27.5 Å². The van der Waals surface area contributed by atoms with E-state index in [9.17, 15) is 4.79 Å². The van der Waals surface area contributed by atoms with E-state index in [-0.39, 0.29) is 0 Å². The summed E-state index contributed by atoms with van der Waals surface area (Å²) in [4.78, 5) is 25.2. The van der Waals surface area contributed by atoms with Crippen LogP contribution >= 0.6 is 0 Å². The standard InChI is InChI=1S/C13H13N5O/c14-13(19)18-3-1-2-9-4-10(7-17-12(9)18)11-5-15-8-16-6-11/h4-8H,1-3H2,(H2,14,19). The van der Waals surface area contributed by atoms with Gasteiger partial charge in [0.25, 0.3) is 0 Å². The Hall–Kier alpha value is -2.50. The van der Waals surface area contributed by atoms with Gasteiger partial charge in [0.15, 0.2) is 0 Å². The normalized spacial score (nSPS) is 14.0. The molecular weight excluding hydrogens is 242 g/mol. The second kappa shape index (κ2) is 4.64. The summed E-state index contributed by atoms with van der Waals surface area (Å²) in [5.41, 5.74) is 8.25. The first kappa shape index (κ1) is 11.6. The number of rotatable bonds is 1. The summed E-state index contributed by atoms with van der Waals surface area (Å²) in [5, 5.41) is 0. The maximum atomic E-state index is 11.4. The number of pyridine rings is 1. The number of nitrogens with two attached hydrogens (primary N) is 1. The molecule has 2 amide bonds. The number of aromatic nitrogens is 3. The zero-order valence-electron chi connectivity index (χ0n) is 10.3. The van der Waals surface area contributed by atoms with Gasteiger partial charge in [-0.2, -0.15) is 0 Å². The molecule has 1 aliphatic heterocycles. The number of aryl methyl sites for hydroxylation is 1. The summed E-state index contributed by atoms with van der Waals surface area (Å²) in [5.74, 6) is 0.666. The molecule has 3 rings (SSSR count). The zero-order chi connectivity index (χ0) is 13.2. The zero-order valence-corrected chi connectivity index (χ0v) is 10.3. The van der Waals surface area contributed by atoms with Crippen LogP contribution in [0.3, 0.4) is 0 Å². The first-order valence-electron chi connectivity index (χ1n) is 6.07. The van der Waals surface area contributed by atoms with E-state index in [4.69, 9.17) is 5.73 Å². The molecule has 0 fully saturated rings. The van der Waals surface area contributed by atoms with E-state index in [0.717, 1.165) is 29.5 Å². The number of hydrogen-bond acceptors (Lipinski definition) is 4. The van der Waals surface area contributed by atoms with E-state index >= 15 is 0 Å². The lowest BCUT2D eigenvalue weighted by Crippen LogP contribution is -2.40. The van der Waals surface area contributed by atoms with E-state index in [1.165, 1.54) is 11.2 Å². The van der Waals surface area contributed by atoms with E-state index < -0.39 is 6.03 Å². The molecule has 19 heavy (non-hydrogen) atoms. The molecule has 0 unspecified atom stereocenters. The van der Waals surface area contributed by atoms with Crippen molar-refractivity contribution in [3.8, 4) is 11.1 Å². The Morgan fingerprint density at radius 1 is 1.21 bits per heavy atom. The average molecular weight is 255 g/mol. The van der Waals surface area contributed by atoms with Crippen molar-refractivity contribution in [2.75, 3.05) is 11.4 Å². The van der Waals surface area contributed by atoms with Crippen LogP contribution in [0.15, 0.2) is 31.0 Å². The summed E-state index contributed by atoms with van der Waals surface area (Å²) in [7, 11) is 0. The highest BCUT2D eigenvalue weighted by molar-refractivity contribution is 5.91. The Labute approximate surface area is 110 Å². The molecule has 0 aliphatic carbocycles. The summed E-state index contributed by atoms with van der Waals surface area (Å²) >= 11 is 0. The minimum atomic E-state index is -0.454. The average Bonchev–Trinajstić information content (AvgIpc) is 2.47. The highest BCUT2D eigenvalue weighted by Crippen LogP contribution is 2.28. The highest BCUT2D eigenvalue weighted by Gasteiger charge is 2.22. The van der Waals surface area contributed by atoms with Gasteiger partial charge in [-0.05, 0) is 24.5 Å². The van der Waals surface area contributed by atoms with Crippen LogP contribution in [0.5, 0.6) is 0 Å². The lowest BCUT2D eigenvalue weighted by molar-refractivity contribution is 0.253. The molecule has 3 heterocycles. The fourth-order valence-corrected chi connectivity index (χ4v) is 2.28. The molecule has 0 bridgehead atoms. The van der Waals surface area contributed by atoms with E-state index in [0.29, 0.717) is 12.4 Å². The Morgan fingerprint density at radius 2 is 2.00 bits per heavy atom. The van der Waals surface area contributed by atoms with Crippen LogP contribution in [0.4, 0.5) is 10.6 Å². The molecule has 0 radical (unpaired) electrons. The van der Waals surface area contributed by atoms with Crippen LogP contribution in [0.1, 0.15) is 12.0 Å². The van der Waals surface area contributed by atoms with Crippen molar-refractivity contribution >= 4 is 11.8 Å². The minimum absolute atomic E-state index is 0.454. The van der Waals surface area contributed by atoms with Crippen molar-refractivity contribution in [1.82, 2.24) is 15.0 Å². The number of carbonyl (C=O) groups excluding carboxylic acids is 1. The molecule has 2 N–H and O–H groups in total. The van der Waals surface area contributed by atoms with E-state index in [2.05, 4.69) is 15.0 Å². The Bertz CT molecular complexity index is 614. The third-order valence-electron chi connectivity index (χ3n) is 3.19. The molecule has 1 aliphatic rings. The van der Waals surface area contributed by atoms with Crippen LogP contribution < -0.4 is 10.6 Å². The third-order valence-corrected chi connectivity index (χ3v) is 3.19. The number of fused-ring (bicyclic) bond motifs is 1. The number of urea groups is 1. The fraction of sp³-hybridized carbons (Fsp3) is 0.231. The van der Waals surface area contributed by atoms with Gasteiger partial charge >= 0.3 is 6.03 Å². The van der Waals surface area contributed by atoms with Gasteiger partial charge in [0.2, 0.25) is 0 Å². The summed E-state index contributed by atoms with van der Waals surface area (Å²) in [6.45, 7) is 0.628. The lowest BCUT2D eigenvalue weighted by atomic mass is 10.0. The molecule has 0 atom stereocenters. The third kappa shape index (κ3) is 2.12. The van der Waals surface area contributed by atoms with Crippen molar-refractivity contribution in [1.29, 1.82) is 0 Å². The van der Waals surface area contributed by atoms with Gasteiger partial charge in [-0.25, -0.2) is 19.7 Å². The van der Waals surface area contributed by atoms with Crippen LogP contribution in [0, 0.1) is 0 Å². The molecule has 6 nitrogen and oxygen atoms in total. The second-order valence-corrected chi connectivity index (χ2v) is 4.43. The molecule has 2 aromatic heterocycles. The van der Waals surface area contributed by atoms with Gasteiger partial charge < -0.3 is 5.73 Å². The summed E-state index contributed by atoms with van der Waals surface area (Å²) in [6.07, 6.45) is 8.49. The molecule has 2 aromatic rings. The predicted octanol–water partition coefficient (Wildman–Crippen LogP) is 1.37. The number of anilines is 1. The number of carbonyl (C=O) groups is 1. The fourth-order valence-electron chi connectivity index (χ4n) is 2.28. The molecular formula is C13H13N5O. The predicted molar refractivity (Wildman–Crippen MR) is 70.5 cm³/mol. The van der Waals surface area contributed by atoms with Gasteiger partial charge in [0.1, 0.15) is 12.1 Å². The maximum Gasteiger partial charge on any atom is 0.320 e. The largest absolute Gasteiger partial charge is 0.351 e. The van der Waals surface area contributed by atoms with Crippen molar-refractivity contribution in [3.05, 3.63) is 36.5 Å². The summed E-state index contributed by atoms with van der Waals surface area (Å²) < 4.78 is 0. The van der Waals surface area contributed by atoms with Crippen molar-refractivity contribution in [2.24, 2.45) is 5.73 Å². The molecule has 0 aromatic carbocycles. The van der Waals surface area contributed by atoms with Crippen molar-refractivity contribution in [3.63, 3.8) is 0 Å². The maximum absolute atomic E-state index is 11.4. The van der Waals surface area contributed by atoms with Crippen LogP contribution in [0.25, 0.3) is 11.1 Å². The number of primary amides is 1. The Balaban J connectivity index is 2.03. The van der Waals surface area contributed by atoms with Gasteiger partial charge in [-0.3, -0.25) is 4.90 Å². The van der Waals surface area contributed by atoms with Crippen LogP contribution in [0.2, 0.25) is 0 Å². The smallest absolute Gasteiger partial charge is 0.320 e. The highest BCUT2D eigenvalue weighted by atomic mass is 16.2. The van der Waals surface area contributed by atoms with E-state index in [1.54, 1.807) is 18.6 Å². The van der Waals surface area contributed by atoms with Gasteiger partial charge in [-0.15, -0.1) is 0 Å². The van der Waals surface area contributed by atoms with Gasteiger partial charge in [0.05, 0.1) is 0 Å².